The molecule has 0 radical (unpaired) electrons. The van der Waals surface area contributed by atoms with Gasteiger partial charge in [-0.15, -0.1) is 0 Å². The van der Waals surface area contributed by atoms with Crippen LogP contribution in [0.4, 0.5) is 0 Å². The maximum atomic E-state index is 12.6. The normalized spacial score (nSPS) is 29.7. The molecule has 0 aromatic carbocycles. The average molecular weight is 291 g/mol. The molecule has 114 valence electrons. The van der Waals surface area contributed by atoms with E-state index in [9.17, 15) is 9.59 Å². The molecular weight excluding hydrogens is 270 g/mol. The van der Waals surface area contributed by atoms with Gasteiger partial charge in [0.15, 0.2) is 0 Å². The van der Waals surface area contributed by atoms with Crippen molar-refractivity contribution in [3.63, 3.8) is 0 Å². The minimum Gasteiger partial charge on any atom is -0.343 e. The van der Waals surface area contributed by atoms with Gasteiger partial charge in [0.25, 0.3) is 0 Å². The van der Waals surface area contributed by atoms with Crippen LogP contribution in [-0.4, -0.2) is 43.1 Å². The molecular formula is C14H21N5O2. The molecule has 1 aliphatic carbocycles. The Labute approximate surface area is 123 Å². The molecule has 21 heavy (non-hydrogen) atoms. The smallest absolute Gasteiger partial charge is 0.246 e. The lowest BCUT2D eigenvalue weighted by molar-refractivity contribution is -0.158. The van der Waals surface area contributed by atoms with Crippen molar-refractivity contribution >= 4 is 11.8 Å². The van der Waals surface area contributed by atoms with E-state index in [2.05, 4.69) is 15.4 Å². The number of aryl methyl sites for hydroxylation is 1. The SMILES string of the molecule is CCn1ncnc1CN1C(=O)C(C)NC(=O)C1(C)C1CC1. The summed E-state index contributed by atoms with van der Waals surface area (Å²) in [6.07, 6.45) is 3.47. The van der Waals surface area contributed by atoms with Gasteiger partial charge in [-0.25, -0.2) is 9.67 Å². The largest absolute Gasteiger partial charge is 0.343 e. The van der Waals surface area contributed by atoms with Gasteiger partial charge < -0.3 is 10.2 Å². The third kappa shape index (κ3) is 2.11. The Kier molecular flexibility index (Phi) is 3.22. The molecule has 2 atom stereocenters. The van der Waals surface area contributed by atoms with Crippen LogP contribution in [-0.2, 0) is 22.7 Å². The van der Waals surface area contributed by atoms with Crippen LogP contribution >= 0.6 is 0 Å². The van der Waals surface area contributed by atoms with Crippen LogP contribution in [0.25, 0.3) is 0 Å². The molecule has 1 aromatic rings. The number of hydrogen-bond donors (Lipinski definition) is 1. The molecule has 1 aromatic heterocycles. The van der Waals surface area contributed by atoms with E-state index in [1.807, 2.05) is 13.8 Å². The van der Waals surface area contributed by atoms with Gasteiger partial charge in [0.05, 0.1) is 6.54 Å². The molecule has 1 saturated carbocycles. The number of nitrogens with one attached hydrogen (secondary N) is 1. The van der Waals surface area contributed by atoms with Crippen LogP contribution in [0.15, 0.2) is 6.33 Å². The van der Waals surface area contributed by atoms with Gasteiger partial charge >= 0.3 is 0 Å². The number of carbonyl (C=O) groups excluding carboxylic acids is 2. The van der Waals surface area contributed by atoms with E-state index in [0.29, 0.717) is 13.1 Å². The minimum absolute atomic E-state index is 0.0466. The zero-order valence-electron chi connectivity index (χ0n) is 12.7. The molecule has 1 aliphatic heterocycles. The van der Waals surface area contributed by atoms with E-state index < -0.39 is 11.6 Å². The van der Waals surface area contributed by atoms with Crippen molar-refractivity contribution in [2.75, 3.05) is 0 Å². The standard InChI is InChI=1S/C14H21N5O2/c1-4-19-11(15-8-16-19)7-18-12(20)9(2)17-13(21)14(18,3)10-5-6-10/h8-10H,4-7H2,1-3H3,(H,17,21). The average Bonchev–Trinajstić information content (AvgIpc) is 3.22. The minimum atomic E-state index is -0.770. The van der Waals surface area contributed by atoms with Crippen molar-refractivity contribution in [2.24, 2.45) is 5.92 Å². The molecule has 0 bridgehead atoms. The summed E-state index contributed by atoms with van der Waals surface area (Å²) in [6, 6.07) is -0.484. The first kappa shape index (κ1) is 14.0. The second-order valence-electron chi connectivity index (χ2n) is 6.03. The Hall–Kier alpha value is -1.92. The molecule has 1 N–H and O–H groups in total. The fourth-order valence-corrected chi connectivity index (χ4v) is 3.10. The lowest BCUT2D eigenvalue weighted by Gasteiger charge is -2.45. The maximum Gasteiger partial charge on any atom is 0.246 e. The van der Waals surface area contributed by atoms with Crippen molar-refractivity contribution in [2.45, 2.75) is 58.3 Å². The van der Waals surface area contributed by atoms with Gasteiger partial charge in [-0.3, -0.25) is 9.59 Å². The van der Waals surface area contributed by atoms with Crippen LogP contribution in [0.2, 0.25) is 0 Å². The maximum absolute atomic E-state index is 12.6. The van der Waals surface area contributed by atoms with E-state index in [4.69, 9.17) is 0 Å². The molecule has 7 nitrogen and oxygen atoms in total. The molecule has 1 saturated heterocycles. The lowest BCUT2D eigenvalue weighted by atomic mass is 9.88. The zero-order chi connectivity index (χ0) is 15.2. The number of rotatable bonds is 4. The molecule has 2 amide bonds. The summed E-state index contributed by atoms with van der Waals surface area (Å²) < 4.78 is 1.76. The van der Waals surface area contributed by atoms with E-state index >= 15 is 0 Å². The summed E-state index contributed by atoms with van der Waals surface area (Å²) in [5, 5.41) is 6.94. The van der Waals surface area contributed by atoms with Crippen molar-refractivity contribution in [3.05, 3.63) is 12.2 Å². The second-order valence-corrected chi connectivity index (χ2v) is 6.03. The summed E-state index contributed by atoms with van der Waals surface area (Å²) in [5.41, 5.74) is -0.770. The van der Waals surface area contributed by atoms with Crippen LogP contribution in [0, 0.1) is 5.92 Å². The van der Waals surface area contributed by atoms with Crippen LogP contribution < -0.4 is 5.32 Å². The second kappa shape index (κ2) is 4.82. The highest BCUT2D eigenvalue weighted by atomic mass is 16.2. The highest BCUT2D eigenvalue weighted by Gasteiger charge is 2.56. The van der Waals surface area contributed by atoms with E-state index in [0.717, 1.165) is 18.7 Å². The van der Waals surface area contributed by atoms with Crippen LogP contribution in [0.1, 0.15) is 39.4 Å². The Morgan fingerprint density at radius 2 is 2.14 bits per heavy atom. The monoisotopic (exact) mass is 291 g/mol. The fraction of sp³-hybridized carbons (Fsp3) is 0.714. The molecule has 3 rings (SSSR count). The van der Waals surface area contributed by atoms with Gasteiger partial charge in [-0.1, -0.05) is 0 Å². The molecule has 2 fully saturated rings. The van der Waals surface area contributed by atoms with Crippen molar-refractivity contribution in [1.82, 2.24) is 25.0 Å². The van der Waals surface area contributed by atoms with Gasteiger partial charge in [0.1, 0.15) is 23.7 Å². The molecule has 2 heterocycles. The van der Waals surface area contributed by atoms with E-state index in [1.165, 1.54) is 6.33 Å². The number of amides is 2. The number of aromatic nitrogens is 3. The lowest BCUT2D eigenvalue weighted by Crippen LogP contribution is -2.69. The summed E-state index contributed by atoms with van der Waals surface area (Å²) in [5.74, 6) is 0.862. The quantitative estimate of drug-likeness (QED) is 0.866. The van der Waals surface area contributed by atoms with Gasteiger partial charge in [0.2, 0.25) is 11.8 Å². The number of carbonyl (C=O) groups is 2. The number of nitrogens with zero attached hydrogens (tertiary/aromatic N) is 4. The van der Waals surface area contributed by atoms with Gasteiger partial charge in [0, 0.05) is 6.54 Å². The highest BCUT2D eigenvalue weighted by Crippen LogP contribution is 2.45. The summed E-state index contributed by atoms with van der Waals surface area (Å²) >= 11 is 0. The molecule has 2 unspecified atom stereocenters. The molecule has 0 spiro atoms. The number of piperazine rings is 1. The molecule has 2 aliphatic rings. The third-order valence-electron chi connectivity index (χ3n) is 4.67. The Balaban J connectivity index is 1.94. The Morgan fingerprint density at radius 3 is 2.76 bits per heavy atom. The summed E-state index contributed by atoms with van der Waals surface area (Å²) in [4.78, 5) is 31.0. The Bertz CT molecular complexity index is 580. The predicted molar refractivity (Wildman–Crippen MR) is 75.0 cm³/mol. The first-order valence-corrected chi connectivity index (χ1v) is 7.47. The topological polar surface area (TPSA) is 80.1 Å². The predicted octanol–water partition coefficient (Wildman–Crippen LogP) is 0.314. The molecule has 7 heteroatoms. The summed E-state index contributed by atoms with van der Waals surface area (Å²) in [6.45, 7) is 6.60. The fourth-order valence-electron chi connectivity index (χ4n) is 3.10. The first-order valence-electron chi connectivity index (χ1n) is 7.47. The first-order chi connectivity index (χ1) is 9.98. The van der Waals surface area contributed by atoms with Gasteiger partial charge in [-0.05, 0) is 39.5 Å². The van der Waals surface area contributed by atoms with Crippen LogP contribution in [0.5, 0.6) is 0 Å². The van der Waals surface area contributed by atoms with E-state index in [1.54, 1.807) is 16.5 Å². The van der Waals surface area contributed by atoms with Crippen molar-refractivity contribution in [3.8, 4) is 0 Å². The Morgan fingerprint density at radius 1 is 1.43 bits per heavy atom. The highest BCUT2D eigenvalue weighted by molar-refractivity contribution is 5.99. The van der Waals surface area contributed by atoms with Crippen LogP contribution in [0.3, 0.4) is 0 Å². The van der Waals surface area contributed by atoms with Crippen molar-refractivity contribution in [1.29, 1.82) is 0 Å². The number of hydrogen-bond acceptors (Lipinski definition) is 4. The zero-order valence-corrected chi connectivity index (χ0v) is 12.7. The van der Waals surface area contributed by atoms with Crippen molar-refractivity contribution < 1.29 is 9.59 Å². The third-order valence-corrected chi connectivity index (χ3v) is 4.67. The summed E-state index contributed by atoms with van der Waals surface area (Å²) in [7, 11) is 0. The van der Waals surface area contributed by atoms with E-state index in [-0.39, 0.29) is 17.7 Å². The van der Waals surface area contributed by atoms with Gasteiger partial charge in [-0.2, -0.15) is 5.10 Å².